The van der Waals surface area contributed by atoms with Gasteiger partial charge in [0, 0.05) is 43.7 Å². The Kier molecular flexibility index (Phi) is 7.18. The Morgan fingerprint density at radius 2 is 0.895 bits per heavy atom. The Bertz CT molecular complexity index is 3350. The molecule has 3 heterocycles. The second kappa shape index (κ2) is 12.7. The summed E-state index contributed by atoms with van der Waals surface area (Å²) in [7, 11) is 0. The van der Waals surface area contributed by atoms with E-state index in [1.165, 1.54) is 118 Å². The Hall–Kier alpha value is -7.10. The van der Waals surface area contributed by atoms with E-state index in [0.29, 0.717) is 0 Å². The largest absolute Gasteiger partial charge is 0.309 e. The molecule has 0 spiro atoms. The summed E-state index contributed by atoms with van der Waals surface area (Å²) in [4.78, 5) is 0. The van der Waals surface area contributed by atoms with Crippen molar-refractivity contribution >= 4 is 71.0 Å². The van der Waals surface area contributed by atoms with Gasteiger partial charge in [-0.15, -0.1) is 0 Å². The van der Waals surface area contributed by atoms with Crippen LogP contribution in [0, 0.1) is 0 Å². The van der Waals surface area contributed by atoms with E-state index in [1.807, 2.05) is 0 Å². The lowest BCUT2D eigenvalue weighted by Crippen LogP contribution is -1.99. The van der Waals surface area contributed by atoms with Gasteiger partial charge in [-0.2, -0.15) is 0 Å². The summed E-state index contributed by atoms with van der Waals surface area (Å²) in [5, 5.41) is 7.54. The average molecular weight is 730 g/mol. The molecule has 11 aromatic rings. The molecular weight excluding hydrogens is 691 g/mol. The number of fused-ring (bicyclic) bond motifs is 9. The molecule has 270 valence electrons. The predicted octanol–water partition coefficient (Wildman–Crippen LogP) is 14.6. The van der Waals surface area contributed by atoms with Gasteiger partial charge in [0.1, 0.15) is 0 Å². The zero-order chi connectivity index (χ0) is 37.5. The first-order valence-corrected chi connectivity index (χ1v) is 20.2. The van der Waals surface area contributed by atoms with Gasteiger partial charge in [-0.1, -0.05) is 115 Å². The molecule has 57 heavy (non-hydrogen) atoms. The van der Waals surface area contributed by atoms with Gasteiger partial charge in [0.05, 0.1) is 38.8 Å². The van der Waals surface area contributed by atoms with Crippen molar-refractivity contribution in [3.8, 4) is 28.2 Å². The number of allylic oxidation sites excluding steroid dienone is 2. The van der Waals surface area contributed by atoms with Crippen LogP contribution in [0.5, 0.6) is 0 Å². The van der Waals surface area contributed by atoms with Crippen molar-refractivity contribution in [2.24, 2.45) is 0 Å². The highest BCUT2D eigenvalue weighted by Crippen LogP contribution is 2.42. The molecule has 3 aromatic heterocycles. The number of para-hydroxylation sites is 4. The van der Waals surface area contributed by atoms with E-state index in [1.54, 1.807) is 0 Å². The summed E-state index contributed by atoms with van der Waals surface area (Å²) in [6.45, 7) is 0. The van der Waals surface area contributed by atoms with Crippen molar-refractivity contribution in [3.63, 3.8) is 0 Å². The Balaban J connectivity index is 1.12. The van der Waals surface area contributed by atoms with Crippen molar-refractivity contribution < 1.29 is 0 Å². The summed E-state index contributed by atoms with van der Waals surface area (Å²) in [5.41, 5.74) is 16.1. The molecule has 0 atom stereocenters. The topological polar surface area (TPSA) is 14.8 Å². The van der Waals surface area contributed by atoms with Gasteiger partial charge in [-0.05, 0) is 121 Å². The number of benzene rings is 8. The molecule has 3 nitrogen and oxygen atoms in total. The summed E-state index contributed by atoms with van der Waals surface area (Å²) in [5.74, 6) is 0. The molecular formula is C54H39N3. The third-order valence-electron chi connectivity index (χ3n) is 12.4. The van der Waals surface area contributed by atoms with E-state index in [9.17, 15) is 0 Å². The highest BCUT2D eigenvalue weighted by molar-refractivity contribution is 6.17. The van der Waals surface area contributed by atoms with Gasteiger partial charge < -0.3 is 13.7 Å². The lowest BCUT2D eigenvalue weighted by Gasteiger charge is -2.18. The number of rotatable bonds is 5. The first kappa shape index (κ1) is 32.2. The highest BCUT2D eigenvalue weighted by Gasteiger charge is 2.22. The molecule has 0 fully saturated rings. The first-order valence-electron chi connectivity index (χ1n) is 20.2. The molecule has 1 aliphatic rings. The van der Waals surface area contributed by atoms with Gasteiger partial charge in [-0.3, -0.25) is 0 Å². The standard InChI is InChI=1S/C54H39N3/c1-3-16-36(17-4-1)38-32-39(37-18-5-2-6-19-37)34-41(33-38)56-50-27-14-10-23-45(50)54-52(56)28-15-29-53(54)57-49-26-13-9-22-44(49)46-35-40(30-31-51(46)57)55-47-24-11-7-20-42(47)43-21-8-12-25-48(43)55/h1,3-4,7-18,20-35H,2,5-6,19H2. The summed E-state index contributed by atoms with van der Waals surface area (Å²) in [6, 6.07) is 67.4. The SMILES string of the molecule is C1=C(c2cc(-c3ccccc3)cc(-n3c4ccccc4c4c(-n5c6ccccc6c6cc(-n7c8ccccc8c8ccccc87)ccc65)cccc43)c2)CCCC1. The molecule has 3 heteroatoms. The lowest BCUT2D eigenvalue weighted by molar-refractivity contribution is 0.742. The third kappa shape index (κ3) is 4.92. The minimum atomic E-state index is 1.13. The molecule has 8 aromatic carbocycles. The number of aromatic nitrogens is 3. The van der Waals surface area contributed by atoms with Gasteiger partial charge >= 0.3 is 0 Å². The fourth-order valence-electron chi connectivity index (χ4n) is 9.85. The van der Waals surface area contributed by atoms with Crippen molar-refractivity contribution in [1.82, 2.24) is 13.7 Å². The predicted molar refractivity (Wildman–Crippen MR) is 241 cm³/mol. The fraction of sp³-hybridized carbons (Fsp3) is 0.0741. The van der Waals surface area contributed by atoms with Crippen LogP contribution in [-0.4, -0.2) is 13.7 Å². The Morgan fingerprint density at radius 3 is 1.60 bits per heavy atom. The van der Waals surface area contributed by atoms with E-state index in [0.717, 1.165) is 12.8 Å². The minimum absolute atomic E-state index is 1.13. The maximum atomic E-state index is 2.50. The molecule has 0 aliphatic heterocycles. The molecule has 0 bridgehead atoms. The van der Waals surface area contributed by atoms with E-state index in [2.05, 4.69) is 202 Å². The van der Waals surface area contributed by atoms with Gasteiger partial charge in [0.2, 0.25) is 0 Å². The Labute approximate surface area is 331 Å². The third-order valence-corrected chi connectivity index (χ3v) is 12.4. The molecule has 0 saturated heterocycles. The van der Waals surface area contributed by atoms with Crippen LogP contribution in [0.25, 0.3) is 99.2 Å². The van der Waals surface area contributed by atoms with E-state index < -0.39 is 0 Å². The quantitative estimate of drug-likeness (QED) is 0.168. The highest BCUT2D eigenvalue weighted by atomic mass is 15.0. The van der Waals surface area contributed by atoms with Crippen molar-refractivity contribution in [3.05, 3.63) is 194 Å². The van der Waals surface area contributed by atoms with Crippen LogP contribution in [-0.2, 0) is 0 Å². The molecule has 12 rings (SSSR count). The lowest BCUT2D eigenvalue weighted by atomic mass is 9.91. The van der Waals surface area contributed by atoms with Crippen LogP contribution in [0.1, 0.15) is 31.2 Å². The van der Waals surface area contributed by atoms with Crippen LogP contribution in [0.3, 0.4) is 0 Å². The van der Waals surface area contributed by atoms with Crippen LogP contribution < -0.4 is 0 Å². The fourth-order valence-corrected chi connectivity index (χ4v) is 9.85. The van der Waals surface area contributed by atoms with Crippen LogP contribution in [0.15, 0.2) is 188 Å². The van der Waals surface area contributed by atoms with Crippen LogP contribution in [0.4, 0.5) is 0 Å². The second-order valence-corrected chi connectivity index (χ2v) is 15.6. The zero-order valence-corrected chi connectivity index (χ0v) is 31.6. The molecule has 0 radical (unpaired) electrons. The number of hydrogen-bond donors (Lipinski definition) is 0. The number of nitrogens with zero attached hydrogens (tertiary/aromatic N) is 3. The van der Waals surface area contributed by atoms with Crippen LogP contribution >= 0.6 is 0 Å². The molecule has 0 N–H and O–H groups in total. The smallest absolute Gasteiger partial charge is 0.0562 e. The maximum Gasteiger partial charge on any atom is 0.0562 e. The normalized spacial score (nSPS) is 13.4. The monoisotopic (exact) mass is 729 g/mol. The average Bonchev–Trinajstić information content (AvgIpc) is 3.92. The molecule has 0 amide bonds. The Morgan fingerprint density at radius 1 is 0.333 bits per heavy atom. The van der Waals surface area contributed by atoms with Gasteiger partial charge in [-0.25, -0.2) is 0 Å². The molecule has 0 unspecified atom stereocenters. The van der Waals surface area contributed by atoms with Crippen LogP contribution in [0.2, 0.25) is 0 Å². The van der Waals surface area contributed by atoms with Crippen molar-refractivity contribution in [2.45, 2.75) is 25.7 Å². The second-order valence-electron chi connectivity index (χ2n) is 15.6. The maximum absolute atomic E-state index is 2.50. The zero-order valence-electron chi connectivity index (χ0n) is 31.6. The van der Waals surface area contributed by atoms with Gasteiger partial charge in [0.25, 0.3) is 0 Å². The van der Waals surface area contributed by atoms with E-state index >= 15 is 0 Å². The molecule has 0 saturated carbocycles. The van der Waals surface area contributed by atoms with E-state index in [4.69, 9.17) is 0 Å². The van der Waals surface area contributed by atoms with Gasteiger partial charge in [0.15, 0.2) is 0 Å². The minimum Gasteiger partial charge on any atom is -0.309 e. The first-order chi connectivity index (χ1) is 28.3. The summed E-state index contributed by atoms with van der Waals surface area (Å²) >= 11 is 0. The van der Waals surface area contributed by atoms with Crippen molar-refractivity contribution in [1.29, 1.82) is 0 Å². The number of hydrogen-bond acceptors (Lipinski definition) is 0. The van der Waals surface area contributed by atoms with Crippen molar-refractivity contribution in [2.75, 3.05) is 0 Å². The van der Waals surface area contributed by atoms with E-state index in [-0.39, 0.29) is 0 Å². The summed E-state index contributed by atoms with van der Waals surface area (Å²) in [6.07, 6.45) is 7.26. The summed E-state index contributed by atoms with van der Waals surface area (Å²) < 4.78 is 7.42. The molecule has 1 aliphatic carbocycles.